The number of hydrogen-bond acceptors (Lipinski definition) is 3. The first-order chi connectivity index (χ1) is 10.1. The van der Waals surface area contributed by atoms with Crippen LogP contribution in [0.15, 0.2) is 10.7 Å². The highest BCUT2D eigenvalue weighted by atomic mass is 79.9. The minimum absolute atomic E-state index is 0.800. The van der Waals surface area contributed by atoms with Crippen molar-refractivity contribution in [2.45, 2.75) is 53.8 Å². The Balaban J connectivity index is 2.33. The zero-order valence-corrected chi connectivity index (χ0v) is 14.9. The first-order valence-corrected chi connectivity index (χ1v) is 8.37. The summed E-state index contributed by atoms with van der Waals surface area (Å²) in [6.45, 7) is 11.9. The average Bonchev–Trinajstić information content (AvgIpc) is 2.99. The Morgan fingerprint density at radius 3 is 2.67 bits per heavy atom. The quantitative estimate of drug-likeness (QED) is 0.832. The molecule has 0 aliphatic rings. The molecule has 0 aliphatic carbocycles. The lowest BCUT2D eigenvalue weighted by atomic mass is 10.3. The van der Waals surface area contributed by atoms with E-state index in [1.54, 1.807) is 0 Å². The highest BCUT2D eigenvalue weighted by molar-refractivity contribution is 9.10. The molecule has 1 N–H and O–H groups in total. The summed E-state index contributed by atoms with van der Waals surface area (Å²) < 4.78 is 5.48. The normalized spacial score (nSPS) is 11.3. The van der Waals surface area contributed by atoms with Crippen molar-refractivity contribution in [3.8, 4) is 0 Å². The number of halogens is 1. The van der Waals surface area contributed by atoms with Crippen molar-refractivity contribution in [2.24, 2.45) is 0 Å². The summed E-state index contributed by atoms with van der Waals surface area (Å²) in [5.41, 5.74) is 3.55. The van der Waals surface area contributed by atoms with Gasteiger partial charge < -0.3 is 9.88 Å². The maximum Gasteiger partial charge on any atom is 0.106 e. The molecule has 2 rings (SSSR count). The van der Waals surface area contributed by atoms with Crippen LogP contribution in [0, 0.1) is 6.92 Å². The van der Waals surface area contributed by atoms with Crippen molar-refractivity contribution in [1.29, 1.82) is 0 Å². The molecule has 0 aliphatic heterocycles. The molecule has 6 heteroatoms. The minimum Gasteiger partial charge on any atom is -0.325 e. The third kappa shape index (κ3) is 3.37. The Morgan fingerprint density at radius 1 is 1.29 bits per heavy atom. The molecule has 0 fully saturated rings. The lowest BCUT2D eigenvalue weighted by molar-refractivity contribution is 0.574. The van der Waals surface area contributed by atoms with Crippen molar-refractivity contribution >= 4 is 15.9 Å². The van der Waals surface area contributed by atoms with E-state index in [4.69, 9.17) is 0 Å². The molecule has 116 valence electrons. The van der Waals surface area contributed by atoms with E-state index in [2.05, 4.69) is 68.3 Å². The molecule has 0 aromatic carbocycles. The van der Waals surface area contributed by atoms with Gasteiger partial charge in [0.2, 0.25) is 0 Å². The predicted molar refractivity (Wildman–Crippen MR) is 88.4 cm³/mol. The Labute approximate surface area is 134 Å². The van der Waals surface area contributed by atoms with E-state index in [1.165, 1.54) is 11.4 Å². The number of nitrogens with zero attached hydrogens (tertiary/aromatic N) is 4. The van der Waals surface area contributed by atoms with Crippen LogP contribution in [-0.2, 0) is 26.1 Å². The van der Waals surface area contributed by atoms with E-state index < -0.39 is 0 Å². The summed E-state index contributed by atoms with van der Waals surface area (Å²) in [6, 6.07) is 0. The zero-order chi connectivity index (χ0) is 15.4. The Bertz CT molecular complexity index is 599. The Morgan fingerprint density at radius 2 is 2.05 bits per heavy atom. The molecule has 0 spiro atoms. The summed E-state index contributed by atoms with van der Waals surface area (Å²) in [6.07, 6.45) is 2.90. The van der Waals surface area contributed by atoms with Gasteiger partial charge in [0.05, 0.1) is 28.1 Å². The second kappa shape index (κ2) is 7.22. The summed E-state index contributed by atoms with van der Waals surface area (Å²) in [7, 11) is 0. The SMILES string of the molecule is CCNCc1cnc(C)n1Cc1c(Br)c(CC)nn1CC. The van der Waals surface area contributed by atoms with E-state index in [1.807, 2.05) is 6.20 Å². The van der Waals surface area contributed by atoms with Crippen molar-refractivity contribution in [1.82, 2.24) is 24.6 Å². The van der Waals surface area contributed by atoms with E-state index in [-0.39, 0.29) is 0 Å². The van der Waals surface area contributed by atoms with Gasteiger partial charge in [-0.05, 0) is 42.7 Å². The lowest BCUT2D eigenvalue weighted by Crippen LogP contribution is -2.17. The molecule has 0 radical (unpaired) electrons. The summed E-state index contributed by atoms with van der Waals surface area (Å²) >= 11 is 3.72. The van der Waals surface area contributed by atoms with Gasteiger partial charge >= 0.3 is 0 Å². The van der Waals surface area contributed by atoms with Crippen LogP contribution in [0.4, 0.5) is 0 Å². The lowest BCUT2D eigenvalue weighted by Gasteiger charge is -2.12. The fourth-order valence-corrected chi connectivity index (χ4v) is 3.13. The van der Waals surface area contributed by atoms with Crippen molar-refractivity contribution in [3.63, 3.8) is 0 Å². The van der Waals surface area contributed by atoms with Crippen LogP contribution in [-0.4, -0.2) is 25.9 Å². The fraction of sp³-hybridized carbons (Fsp3) is 0.600. The first kappa shape index (κ1) is 16.2. The van der Waals surface area contributed by atoms with E-state index in [0.717, 1.165) is 48.6 Å². The van der Waals surface area contributed by atoms with Crippen LogP contribution < -0.4 is 5.32 Å². The molecule has 0 amide bonds. The summed E-state index contributed by atoms with van der Waals surface area (Å²) in [5.74, 6) is 1.04. The van der Waals surface area contributed by atoms with Gasteiger partial charge in [0, 0.05) is 19.3 Å². The van der Waals surface area contributed by atoms with Crippen LogP contribution >= 0.6 is 15.9 Å². The van der Waals surface area contributed by atoms with Crippen LogP contribution in [0.1, 0.15) is 43.7 Å². The van der Waals surface area contributed by atoms with Gasteiger partial charge in [-0.3, -0.25) is 4.68 Å². The second-order valence-corrected chi connectivity index (χ2v) is 5.83. The van der Waals surface area contributed by atoms with Crippen molar-refractivity contribution in [2.75, 3.05) is 6.54 Å². The Hall–Kier alpha value is -1.14. The summed E-state index contributed by atoms with van der Waals surface area (Å²) in [5, 5.41) is 8.04. The number of hydrogen-bond donors (Lipinski definition) is 1. The van der Waals surface area contributed by atoms with Crippen LogP contribution in [0.5, 0.6) is 0 Å². The van der Waals surface area contributed by atoms with Gasteiger partial charge in [0.25, 0.3) is 0 Å². The van der Waals surface area contributed by atoms with Crippen molar-refractivity contribution in [3.05, 3.63) is 33.6 Å². The minimum atomic E-state index is 0.800. The van der Waals surface area contributed by atoms with Gasteiger partial charge in [0.15, 0.2) is 0 Å². The molecule has 5 nitrogen and oxygen atoms in total. The van der Waals surface area contributed by atoms with Gasteiger partial charge in [-0.25, -0.2) is 4.98 Å². The van der Waals surface area contributed by atoms with Gasteiger partial charge in [-0.1, -0.05) is 13.8 Å². The molecule has 21 heavy (non-hydrogen) atoms. The topological polar surface area (TPSA) is 47.7 Å². The Kier molecular flexibility index (Phi) is 5.58. The number of rotatable bonds is 7. The second-order valence-electron chi connectivity index (χ2n) is 5.04. The van der Waals surface area contributed by atoms with Crippen LogP contribution in [0.2, 0.25) is 0 Å². The van der Waals surface area contributed by atoms with E-state index in [0.29, 0.717) is 0 Å². The van der Waals surface area contributed by atoms with E-state index >= 15 is 0 Å². The van der Waals surface area contributed by atoms with Gasteiger partial charge in [-0.15, -0.1) is 0 Å². The van der Waals surface area contributed by atoms with Gasteiger partial charge in [-0.2, -0.15) is 5.10 Å². The molecular weight excluding hydrogens is 330 g/mol. The average molecular weight is 354 g/mol. The smallest absolute Gasteiger partial charge is 0.106 e. The predicted octanol–water partition coefficient (Wildman–Crippen LogP) is 2.89. The molecule has 2 aromatic heterocycles. The molecule has 0 saturated heterocycles. The fourth-order valence-electron chi connectivity index (χ4n) is 2.44. The first-order valence-electron chi connectivity index (χ1n) is 7.58. The molecule has 2 heterocycles. The molecule has 2 aromatic rings. The molecular formula is C15H24BrN5. The monoisotopic (exact) mass is 353 g/mol. The number of aryl methyl sites for hydroxylation is 3. The van der Waals surface area contributed by atoms with Gasteiger partial charge in [0.1, 0.15) is 5.82 Å². The number of imidazole rings is 1. The largest absolute Gasteiger partial charge is 0.325 e. The van der Waals surface area contributed by atoms with E-state index in [9.17, 15) is 0 Å². The standard InChI is InChI=1S/C15H24BrN5/c1-5-13-15(16)14(21(7-3)19-13)10-20-11(4)18-9-12(20)8-17-6-2/h9,17H,5-8,10H2,1-4H3. The molecule has 0 unspecified atom stereocenters. The third-order valence-electron chi connectivity index (χ3n) is 3.70. The van der Waals surface area contributed by atoms with Crippen molar-refractivity contribution < 1.29 is 0 Å². The van der Waals surface area contributed by atoms with Crippen LogP contribution in [0.25, 0.3) is 0 Å². The van der Waals surface area contributed by atoms with Crippen LogP contribution in [0.3, 0.4) is 0 Å². The highest BCUT2D eigenvalue weighted by Gasteiger charge is 2.16. The molecule has 0 bridgehead atoms. The number of nitrogens with one attached hydrogen (secondary N) is 1. The zero-order valence-electron chi connectivity index (χ0n) is 13.3. The maximum atomic E-state index is 4.67. The highest BCUT2D eigenvalue weighted by Crippen LogP contribution is 2.24. The molecule has 0 atom stereocenters. The third-order valence-corrected chi connectivity index (χ3v) is 4.61. The maximum absolute atomic E-state index is 4.67. The number of aromatic nitrogens is 4. The summed E-state index contributed by atoms with van der Waals surface area (Å²) in [4.78, 5) is 4.46. The molecule has 0 saturated carbocycles.